The van der Waals surface area contributed by atoms with Gasteiger partial charge in [0.25, 0.3) is 0 Å². The summed E-state index contributed by atoms with van der Waals surface area (Å²) in [5.74, 6) is 0.983. The lowest BCUT2D eigenvalue weighted by Crippen LogP contribution is -2.21. The molecule has 0 atom stereocenters. The Morgan fingerprint density at radius 2 is 2.00 bits per heavy atom. The first-order valence-electron chi connectivity index (χ1n) is 7.53. The lowest BCUT2D eigenvalue weighted by Gasteiger charge is -2.11. The third-order valence-corrected chi connectivity index (χ3v) is 3.12. The summed E-state index contributed by atoms with van der Waals surface area (Å²) < 4.78 is 5.63. The number of nitrogens with one attached hydrogen (secondary N) is 1. The fourth-order valence-corrected chi connectivity index (χ4v) is 1.93. The lowest BCUT2D eigenvalue weighted by atomic mass is 10.1. The first-order valence-corrected chi connectivity index (χ1v) is 7.53. The summed E-state index contributed by atoms with van der Waals surface area (Å²) in [6, 6.07) is 5.43. The van der Waals surface area contributed by atoms with Crippen LogP contribution in [0.3, 0.4) is 0 Å². The first-order chi connectivity index (χ1) is 9.90. The van der Waals surface area contributed by atoms with Crippen LogP contribution in [0.25, 0.3) is 0 Å². The zero-order valence-electron chi connectivity index (χ0n) is 13.4. The summed E-state index contributed by atoms with van der Waals surface area (Å²) in [5.41, 5.74) is 1.03. The Labute approximate surface area is 126 Å². The third kappa shape index (κ3) is 6.58. The summed E-state index contributed by atoms with van der Waals surface area (Å²) in [6.45, 7) is 9.63. The first kappa shape index (κ1) is 17.4. The number of benzene rings is 1. The quantitative estimate of drug-likeness (QED) is 0.426. The second-order valence-electron chi connectivity index (χ2n) is 5.98. The van der Waals surface area contributed by atoms with E-state index >= 15 is 0 Å². The van der Waals surface area contributed by atoms with Crippen molar-refractivity contribution in [2.24, 2.45) is 5.92 Å². The third-order valence-electron chi connectivity index (χ3n) is 3.12. The highest BCUT2D eigenvalue weighted by atomic mass is 16.6. The molecule has 0 amide bonds. The molecule has 5 heteroatoms. The topological polar surface area (TPSA) is 64.4 Å². The minimum Gasteiger partial charge on any atom is -0.487 e. The predicted molar refractivity (Wildman–Crippen MR) is 84.6 cm³/mol. The van der Waals surface area contributed by atoms with Gasteiger partial charge in [0.1, 0.15) is 0 Å². The standard InChI is InChI=1S/C16H26N2O3/c1-12(2)6-5-9-21-16-10-14(11-17-13(3)4)7-8-15(16)18(19)20/h7-8,10,12-13,17H,5-6,9,11H2,1-4H3. The summed E-state index contributed by atoms with van der Waals surface area (Å²) in [5, 5.41) is 14.3. The van der Waals surface area contributed by atoms with Crippen LogP contribution in [0.5, 0.6) is 5.75 Å². The van der Waals surface area contributed by atoms with Crippen LogP contribution in [0.15, 0.2) is 18.2 Å². The van der Waals surface area contributed by atoms with Gasteiger partial charge in [0.2, 0.25) is 0 Å². The van der Waals surface area contributed by atoms with Crippen molar-refractivity contribution in [2.45, 2.75) is 53.1 Å². The number of hydrogen-bond acceptors (Lipinski definition) is 4. The predicted octanol–water partition coefficient (Wildman–Crippen LogP) is 3.91. The van der Waals surface area contributed by atoms with Gasteiger partial charge in [-0.1, -0.05) is 33.8 Å². The molecular weight excluding hydrogens is 268 g/mol. The second-order valence-corrected chi connectivity index (χ2v) is 5.98. The smallest absolute Gasteiger partial charge is 0.310 e. The van der Waals surface area contributed by atoms with E-state index < -0.39 is 4.92 Å². The van der Waals surface area contributed by atoms with Crippen molar-refractivity contribution in [3.63, 3.8) is 0 Å². The van der Waals surface area contributed by atoms with Gasteiger partial charge in [0.15, 0.2) is 5.75 Å². The van der Waals surface area contributed by atoms with Crippen LogP contribution in [0, 0.1) is 16.0 Å². The van der Waals surface area contributed by atoms with Crippen LogP contribution < -0.4 is 10.1 Å². The molecule has 0 fully saturated rings. The molecule has 21 heavy (non-hydrogen) atoms. The minimum atomic E-state index is -0.391. The van der Waals surface area contributed by atoms with Crippen molar-refractivity contribution in [2.75, 3.05) is 6.61 Å². The molecule has 5 nitrogen and oxygen atoms in total. The zero-order valence-corrected chi connectivity index (χ0v) is 13.4. The fourth-order valence-electron chi connectivity index (χ4n) is 1.93. The Bertz CT molecular complexity index is 459. The Morgan fingerprint density at radius 1 is 1.29 bits per heavy atom. The Kier molecular flexibility index (Phi) is 7.15. The van der Waals surface area contributed by atoms with Gasteiger partial charge in [-0.05, 0) is 30.4 Å². The molecule has 0 saturated heterocycles. The molecule has 0 aliphatic carbocycles. The molecule has 0 saturated carbocycles. The van der Waals surface area contributed by atoms with Gasteiger partial charge < -0.3 is 10.1 Å². The van der Waals surface area contributed by atoms with E-state index in [0.29, 0.717) is 30.9 Å². The fraction of sp³-hybridized carbons (Fsp3) is 0.625. The van der Waals surface area contributed by atoms with Crippen molar-refractivity contribution in [1.82, 2.24) is 5.32 Å². The van der Waals surface area contributed by atoms with E-state index in [9.17, 15) is 10.1 Å². The summed E-state index contributed by atoms with van der Waals surface area (Å²) in [6.07, 6.45) is 1.96. The van der Waals surface area contributed by atoms with Crippen LogP contribution >= 0.6 is 0 Å². The van der Waals surface area contributed by atoms with E-state index in [0.717, 1.165) is 18.4 Å². The normalized spacial score (nSPS) is 11.1. The maximum atomic E-state index is 11.1. The Balaban J connectivity index is 2.71. The zero-order chi connectivity index (χ0) is 15.8. The maximum Gasteiger partial charge on any atom is 0.310 e. The molecule has 1 rings (SSSR count). The van der Waals surface area contributed by atoms with Crippen molar-refractivity contribution in [1.29, 1.82) is 0 Å². The van der Waals surface area contributed by atoms with Crippen LogP contribution in [-0.4, -0.2) is 17.6 Å². The number of rotatable bonds is 9. The van der Waals surface area contributed by atoms with Gasteiger partial charge >= 0.3 is 5.69 Å². The molecule has 0 aliphatic rings. The highest BCUT2D eigenvalue weighted by Gasteiger charge is 2.15. The molecule has 0 bridgehead atoms. The molecule has 0 heterocycles. The van der Waals surface area contributed by atoms with Crippen molar-refractivity contribution in [3.8, 4) is 5.75 Å². The molecule has 0 unspecified atom stereocenters. The maximum absolute atomic E-state index is 11.1. The van der Waals surface area contributed by atoms with E-state index in [2.05, 4.69) is 33.0 Å². The van der Waals surface area contributed by atoms with Gasteiger partial charge in [-0.15, -0.1) is 0 Å². The molecule has 0 aliphatic heterocycles. The summed E-state index contributed by atoms with van der Waals surface area (Å²) >= 11 is 0. The Morgan fingerprint density at radius 3 is 2.57 bits per heavy atom. The van der Waals surface area contributed by atoms with Gasteiger partial charge in [-0.2, -0.15) is 0 Å². The van der Waals surface area contributed by atoms with Crippen molar-refractivity contribution in [3.05, 3.63) is 33.9 Å². The molecule has 118 valence electrons. The van der Waals surface area contributed by atoms with E-state index in [4.69, 9.17) is 4.74 Å². The van der Waals surface area contributed by atoms with E-state index in [-0.39, 0.29) is 5.69 Å². The van der Waals surface area contributed by atoms with Crippen molar-refractivity contribution < 1.29 is 9.66 Å². The number of nitrogens with zero attached hydrogens (tertiary/aromatic N) is 1. The lowest BCUT2D eigenvalue weighted by molar-refractivity contribution is -0.385. The average Bonchev–Trinajstić information content (AvgIpc) is 2.41. The molecule has 0 aromatic heterocycles. The van der Waals surface area contributed by atoms with Crippen LogP contribution in [0.2, 0.25) is 0 Å². The average molecular weight is 294 g/mol. The van der Waals surface area contributed by atoms with E-state index in [1.807, 2.05) is 0 Å². The number of nitro groups is 1. The van der Waals surface area contributed by atoms with Crippen LogP contribution in [-0.2, 0) is 6.54 Å². The van der Waals surface area contributed by atoms with Gasteiger partial charge in [-0.25, -0.2) is 0 Å². The van der Waals surface area contributed by atoms with Crippen LogP contribution in [0.4, 0.5) is 5.69 Å². The molecule has 1 aromatic carbocycles. The minimum absolute atomic E-state index is 0.0350. The molecular formula is C16H26N2O3. The molecule has 1 aromatic rings. The highest BCUT2D eigenvalue weighted by Crippen LogP contribution is 2.28. The van der Waals surface area contributed by atoms with Gasteiger partial charge in [0.05, 0.1) is 11.5 Å². The molecule has 0 spiro atoms. The second kappa shape index (κ2) is 8.62. The summed E-state index contributed by atoms with van der Waals surface area (Å²) in [7, 11) is 0. The van der Waals surface area contributed by atoms with Crippen molar-refractivity contribution >= 4 is 5.69 Å². The molecule has 1 N–H and O–H groups in total. The van der Waals surface area contributed by atoms with E-state index in [1.165, 1.54) is 6.07 Å². The highest BCUT2D eigenvalue weighted by molar-refractivity contribution is 5.48. The van der Waals surface area contributed by atoms with Crippen LogP contribution in [0.1, 0.15) is 46.1 Å². The van der Waals surface area contributed by atoms with E-state index in [1.54, 1.807) is 12.1 Å². The number of hydrogen-bond donors (Lipinski definition) is 1. The van der Waals surface area contributed by atoms with Gasteiger partial charge in [-0.3, -0.25) is 10.1 Å². The largest absolute Gasteiger partial charge is 0.487 e. The SMILES string of the molecule is CC(C)CCCOc1cc(CNC(C)C)ccc1[N+](=O)[O-]. The number of ether oxygens (including phenoxy) is 1. The van der Waals surface area contributed by atoms with Gasteiger partial charge in [0, 0.05) is 18.7 Å². The Hall–Kier alpha value is -1.62. The summed E-state index contributed by atoms with van der Waals surface area (Å²) in [4.78, 5) is 10.7. The monoisotopic (exact) mass is 294 g/mol. The molecule has 0 radical (unpaired) electrons. The number of nitro benzene ring substituents is 1.